The van der Waals surface area contributed by atoms with Gasteiger partial charge >= 0.3 is 0 Å². The van der Waals surface area contributed by atoms with Crippen molar-refractivity contribution in [1.29, 1.82) is 0 Å². The molecular weight excluding hydrogens is 432 g/mol. The highest BCUT2D eigenvalue weighted by molar-refractivity contribution is 6.46. The van der Waals surface area contributed by atoms with Crippen LogP contribution in [0.15, 0.2) is 48.0 Å². The molecule has 180 valence electrons. The maximum absolute atomic E-state index is 13.2. The number of aliphatic hydroxyl groups excluding tert-OH is 1. The zero-order chi connectivity index (χ0) is 24.6. The second kappa shape index (κ2) is 9.14. The van der Waals surface area contributed by atoms with E-state index >= 15 is 0 Å². The molecule has 2 aliphatic rings. The van der Waals surface area contributed by atoms with Crippen LogP contribution in [0.3, 0.4) is 0 Å². The lowest BCUT2D eigenvalue weighted by Crippen LogP contribution is -2.32. The van der Waals surface area contributed by atoms with Crippen molar-refractivity contribution in [2.24, 2.45) is 0 Å². The summed E-state index contributed by atoms with van der Waals surface area (Å²) in [6.07, 6.45) is 0.709. The molecule has 7 heteroatoms. The molecule has 1 saturated heterocycles. The van der Waals surface area contributed by atoms with Crippen LogP contribution in [-0.4, -0.2) is 60.6 Å². The second-order valence-electron chi connectivity index (χ2n) is 10.1. The number of rotatable bonds is 6. The van der Waals surface area contributed by atoms with Gasteiger partial charge in [0, 0.05) is 12.1 Å². The Morgan fingerprint density at radius 1 is 1.06 bits per heavy atom. The highest BCUT2D eigenvalue weighted by Crippen LogP contribution is 2.41. The fourth-order valence-electron chi connectivity index (χ4n) is 4.38. The van der Waals surface area contributed by atoms with Gasteiger partial charge in [0.2, 0.25) is 6.79 Å². The van der Waals surface area contributed by atoms with Gasteiger partial charge in [0.05, 0.1) is 11.6 Å². The second-order valence-corrected chi connectivity index (χ2v) is 10.1. The number of Topliss-reactive ketones (excluding diaryl/α,β-unsaturated/α-hetero) is 1. The summed E-state index contributed by atoms with van der Waals surface area (Å²) in [6.45, 7) is 7.70. The van der Waals surface area contributed by atoms with Crippen molar-refractivity contribution in [3.8, 4) is 11.5 Å². The van der Waals surface area contributed by atoms with Crippen molar-refractivity contribution in [2.45, 2.75) is 38.6 Å². The first-order valence-electron chi connectivity index (χ1n) is 11.5. The van der Waals surface area contributed by atoms with Gasteiger partial charge in [-0.15, -0.1) is 0 Å². The molecule has 0 radical (unpaired) electrons. The Hall–Kier alpha value is -3.32. The maximum Gasteiger partial charge on any atom is 0.295 e. The van der Waals surface area contributed by atoms with Gasteiger partial charge in [-0.3, -0.25) is 9.59 Å². The number of aliphatic hydroxyl groups is 1. The van der Waals surface area contributed by atoms with E-state index in [1.165, 1.54) is 0 Å². The Kier molecular flexibility index (Phi) is 6.41. The summed E-state index contributed by atoms with van der Waals surface area (Å²) in [5, 5.41) is 11.3. The van der Waals surface area contributed by atoms with Crippen LogP contribution in [0.4, 0.5) is 0 Å². The first kappa shape index (κ1) is 23.8. The highest BCUT2D eigenvalue weighted by atomic mass is 16.7. The topological polar surface area (TPSA) is 79.3 Å². The molecule has 0 aliphatic carbocycles. The number of ether oxygens (including phenoxy) is 2. The number of hydrogen-bond donors (Lipinski definition) is 1. The van der Waals surface area contributed by atoms with Crippen molar-refractivity contribution in [2.75, 3.05) is 34.0 Å². The minimum atomic E-state index is -0.676. The third-order valence-electron chi connectivity index (χ3n) is 6.28. The van der Waals surface area contributed by atoms with E-state index < -0.39 is 17.7 Å². The number of likely N-dealkylation sites (tertiary alicyclic amines) is 1. The zero-order valence-corrected chi connectivity index (χ0v) is 20.4. The molecule has 0 spiro atoms. The van der Waals surface area contributed by atoms with Gasteiger partial charge in [-0.2, -0.15) is 0 Å². The van der Waals surface area contributed by atoms with Crippen molar-refractivity contribution in [3.63, 3.8) is 0 Å². The number of amides is 1. The summed E-state index contributed by atoms with van der Waals surface area (Å²) in [4.78, 5) is 29.9. The van der Waals surface area contributed by atoms with Gasteiger partial charge in [0.1, 0.15) is 5.76 Å². The zero-order valence-electron chi connectivity index (χ0n) is 20.4. The number of carbonyl (C=O) groups excluding carboxylic acids is 2. The molecule has 1 atom stereocenters. The fourth-order valence-corrected chi connectivity index (χ4v) is 4.38. The van der Waals surface area contributed by atoms with E-state index in [-0.39, 0.29) is 23.5 Å². The fraction of sp³-hybridized carbons (Fsp3) is 0.407. The minimum absolute atomic E-state index is 0.0292. The van der Waals surface area contributed by atoms with E-state index in [4.69, 9.17) is 9.47 Å². The van der Waals surface area contributed by atoms with E-state index in [0.29, 0.717) is 30.0 Å². The van der Waals surface area contributed by atoms with Crippen LogP contribution in [0, 0.1) is 0 Å². The van der Waals surface area contributed by atoms with Crippen LogP contribution in [0.1, 0.15) is 49.9 Å². The first-order chi connectivity index (χ1) is 16.1. The SMILES string of the molecule is CN(C)CCCN1C(=O)C(=O)C(=C(O)c2ccc3c(c2)OCO3)[C@@H]1c1ccc(C(C)(C)C)cc1. The van der Waals surface area contributed by atoms with Crippen molar-refractivity contribution in [3.05, 3.63) is 64.7 Å². The molecule has 2 aromatic rings. The molecular formula is C27H32N2O5. The Morgan fingerprint density at radius 2 is 1.74 bits per heavy atom. The van der Waals surface area contributed by atoms with E-state index in [2.05, 4.69) is 20.8 Å². The predicted molar refractivity (Wildman–Crippen MR) is 130 cm³/mol. The molecule has 2 aliphatic heterocycles. The van der Waals surface area contributed by atoms with Crippen molar-refractivity contribution >= 4 is 17.4 Å². The van der Waals surface area contributed by atoms with Crippen molar-refractivity contribution in [1.82, 2.24) is 9.80 Å². The molecule has 0 aromatic heterocycles. The van der Waals surface area contributed by atoms with Gasteiger partial charge in [0.15, 0.2) is 11.5 Å². The van der Waals surface area contributed by atoms with Crippen molar-refractivity contribution < 1.29 is 24.2 Å². The van der Waals surface area contributed by atoms with Crippen LogP contribution < -0.4 is 9.47 Å². The third kappa shape index (κ3) is 4.53. The quantitative estimate of drug-likeness (QED) is 0.394. The van der Waals surface area contributed by atoms with Crippen LogP contribution in [0.5, 0.6) is 11.5 Å². The predicted octanol–water partition coefficient (Wildman–Crippen LogP) is 4.09. The largest absolute Gasteiger partial charge is 0.507 e. The van der Waals surface area contributed by atoms with Gasteiger partial charge in [-0.05, 0) is 61.8 Å². The molecule has 0 unspecified atom stereocenters. The Balaban J connectivity index is 1.78. The lowest BCUT2D eigenvalue weighted by molar-refractivity contribution is -0.139. The molecule has 1 fully saturated rings. The van der Waals surface area contributed by atoms with E-state index in [1.54, 1.807) is 23.1 Å². The molecule has 0 saturated carbocycles. The summed E-state index contributed by atoms with van der Waals surface area (Å²) < 4.78 is 10.8. The molecule has 1 N–H and O–H groups in total. The molecule has 0 bridgehead atoms. The molecule has 2 aromatic carbocycles. The Morgan fingerprint density at radius 3 is 2.38 bits per heavy atom. The van der Waals surface area contributed by atoms with Gasteiger partial charge in [-0.1, -0.05) is 45.0 Å². The molecule has 7 nitrogen and oxygen atoms in total. The van der Waals surface area contributed by atoms with Crippen LogP contribution >= 0.6 is 0 Å². The normalized spacial score (nSPS) is 19.4. The van der Waals surface area contributed by atoms with E-state index in [9.17, 15) is 14.7 Å². The number of ketones is 1. The van der Waals surface area contributed by atoms with E-state index in [0.717, 1.165) is 17.7 Å². The third-order valence-corrected chi connectivity index (χ3v) is 6.28. The summed E-state index contributed by atoms with van der Waals surface area (Å²) in [5.41, 5.74) is 2.42. The lowest BCUT2D eigenvalue weighted by Gasteiger charge is -2.27. The van der Waals surface area contributed by atoms with Crippen LogP contribution in [-0.2, 0) is 15.0 Å². The first-order valence-corrected chi connectivity index (χ1v) is 11.5. The van der Waals surface area contributed by atoms with Crippen LogP contribution in [0.2, 0.25) is 0 Å². The number of fused-ring (bicyclic) bond motifs is 1. The number of hydrogen-bond acceptors (Lipinski definition) is 6. The van der Waals surface area contributed by atoms with Crippen LogP contribution in [0.25, 0.3) is 5.76 Å². The number of nitrogens with zero attached hydrogens (tertiary/aromatic N) is 2. The smallest absolute Gasteiger partial charge is 0.295 e. The summed E-state index contributed by atoms with van der Waals surface area (Å²) in [6, 6.07) is 12.3. The van der Waals surface area contributed by atoms with E-state index in [1.807, 2.05) is 43.3 Å². The summed E-state index contributed by atoms with van der Waals surface area (Å²) in [7, 11) is 3.94. The van der Waals surface area contributed by atoms with Gasteiger partial charge in [0.25, 0.3) is 11.7 Å². The van der Waals surface area contributed by atoms with Gasteiger partial charge < -0.3 is 24.4 Å². The molecule has 4 rings (SSSR count). The monoisotopic (exact) mass is 464 g/mol. The highest BCUT2D eigenvalue weighted by Gasteiger charge is 2.46. The minimum Gasteiger partial charge on any atom is -0.507 e. The standard InChI is InChI=1S/C27H32N2O5/c1-27(2,3)19-10-7-17(8-11-19)23-22(25(31)26(32)29(23)14-6-13-28(4)5)24(30)18-9-12-20-21(15-18)34-16-33-20/h7-12,15,23,30H,6,13-14,16H2,1-5H3/t23-/m0/s1. The Bertz CT molecular complexity index is 1130. The summed E-state index contributed by atoms with van der Waals surface area (Å²) in [5.74, 6) is -0.405. The molecule has 34 heavy (non-hydrogen) atoms. The maximum atomic E-state index is 13.2. The molecule has 2 heterocycles. The van der Waals surface area contributed by atoms with Gasteiger partial charge in [-0.25, -0.2) is 0 Å². The lowest BCUT2D eigenvalue weighted by atomic mass is 9.85. The summed E-state index contributed by atoms with van der Waals surface area (Å²) >= 11 is 0. The molecule has 1 amide bonds. The Labute approximate surface area is 200 Å². The number of carbonyl (C=O) groups is 2. The number of benzene rings is 2. The average molecular weight is 465 g/mol. The average Bonchev–Trinajstić information content (AvgIpc) is 3.35.